The van der Waals surface area contributed by atoms with E-state index in [2.05, 4.69) is 4.98 Å². The number of aromatic nitrogens is 3. The molecule has 0 radical (unpaired) electrons. The number of aryl methyl sites for hydroxylation is 2. The minimum atomic E-state index is -0.483. The summed E-state index contributed by atoms with van der Waals surface area (Å²) in [6.07, 6.45) is 3.24. The van der Waals surface area contributed by atoms with E-state index in [9.17, 15) is 14.4 Å². The first kappa shape index (κ1) is 14.6. The van der Waals surface area contributed by atoms with Crippen molar-refractivity contribution in [3.63, 3.8) is 0 Å². The van der Waals surface area contributed by atoms with Crippen molar-refractivity contribution in [2.24, 2.45) is 0 Å². The van der Waals surface area contributed by atoms with Gasteiger partial charge >= 0.3 is 5.69 Å². The zero-order valence-corrected chi connectivity index (χ0v) is 12.3. The van der Waals surface area contributed by atoms with Crippen LogP contribution < -0.4 is 11.2 Å². The van der Waals surface area contributed by atoms with Gasteiger partial charge < -0.3 is 5.11 Å². The van der Waals surface area contributed by atoms with E-state index in [4.69, 9.17) is 5.11 Å². The van der Waals surface area contributed by atoms with E-state index in [0.717, 1.165) is 4.57 Å². The highest BCUT2D eigenvalue weighted by Gasteiger charge is 2.24. The molecule has 2 heterocycles. The molecule has 7 heteroatoms. The van der Waals surface area contributed by atoms with Crippen LogP contribution in [-0.2, 0) is 19.5 Å². The predicted molar refractivity (Wildman–Crippen MR) is 80.3 cm³/mol. The van der Waals surface area contributed by atoms with Crippen LogP contribution in [0.25, 0.3) is 11.0 Å². The van der Waals surface area contributed by atoms with Crippen LogP contribution in [0.1, 0.15) is 35.7 Å². The zero-order chi connectivity index (χ0) is 15.9. The minimum Gasteiger partial charge on any atom is -0.395 e. The molecule has 1 aliphatic rings. The van der Waals surface area contributed by atoms with E-state index in [1.54, 1.807) is 6.92 Å². The lowest BCUT2D eigenvalue weighted by Gasteiger charge is -2.18. The van der Waals surface area contributed by atoms with Gasteiger partial charge in [-0.15, -0.1) is 0 Å². The Balaban J connectivity index is 2.49. The highest BCUT2D eigenvalue weighted by atomic mass is 16.3. The van der Waals surface area contributed by atoms with Crippen LogP contribution in [0.5, 0.6) is 0 Å². The quantitative estimate of drug-likeness (QED) is 0.867. The summed E-state index contributed by atoms with van der Waals surface area (Å²) in [5.74, 6) is -0.0157. The summed E-state index contributed by atoms with van der Waals surface area (Å²) in [7, 11) is 0. The molecule has 1 N–H and O–H groups in total. The molecule has 0 unspecified atom stereocenters. The number of aliphatic hydroxyl groups excluding tert-OH is 1. The van der Waals surface area contributed by atoms with Crippen LogP contribution in [0.3, 0.4) is 0 Å². The molecular weight excluding hydrogens is 286 g/mol. The smallest absolute Gasteiger partial charge is 0.332 e. The molecule has 0 saturated heterocycles. The standard InChI is InChI=1S/C15H17N3O4/c1-2-17-13-12(14(21)18(6-7-19)15(17)22)9-4-3-5-11(20)10(9)8-16-13/h8,19H,2-7H2,1H3. The Morgan fingerprint density at radius 1 is 1.23 bits per heavy atom. The van der Waals surface area contributed by atoms with Gasteiger partial charge in [-0.3, -0.25) is 18.7 Å². The fourth-order valence-corrected chi connectivity index (χ4v) is 3.07. The Labute approximate surface area is 125 Å². The summed E-state index contributed by atoms with van der Waals surface area (Å²) in [4.78, 5) is 41.3. The Bertz CT molecular complexity index is 879. The molecular formula is C15H17N3O4. The van der Waals surface area contributed by atoms with Crippen molar-refractivity contribution >= 4 is 16.8 Å². The molecule has 0 fully saturated rings. The van der Waals surface area contributed by atoms with Gasteiger partial charge in [0.2, 0.25) is 0 Å². The highest BCUT2D eigenvalue weighted by Crippen LogP contribution is 2.25. The Kier molecular flexibility index (Phi) is 3.66. The number of hydrogen-bond acceptors (Lipinski definition) is 5. The molecule has 0 spiro atoms. The average molecular weight is 303 g/mol. The minimum absolute atomic E-state index is 0.0157. The van der Waals surface area contributed by atoms with E-state index in [-0.39, 0.29) is 18.9 Å². The number of rotatable bonds is 3. The summed E-state index contributed by atoms with van der Waals surface area (Å²) < 4.78 is 2.43. The SMILES string of the molecule is CCn1c(=O)n(CCO)c(=O)c2c3c(cnc21)C(=O)CCC3. The van der Waals surface area contributed by atoms with Crippen LogP contribution in [0.2, 0.25) is 0 Å². The van der Waals surface area contributed by atoms with Gasteiger partial charge in [-0.05, 0) is 25.3 Å². The van der Waals surface area contributed by atoms with E-state index >= 15 is 0 Å². The van der Waals surface area contributed by atoms with E-state index in [1.807, 2.05) is 0 Å². The molecule has 0 amide bonds. The third-order valence-electron chi connectivity index (χ3n) is 4.11. The maximum absolute atomic E-state index is 12.7. The molecule has 2 aromatic rings. The molecule has 22 heavy (non-hydrogen) atoms. The molecule has 3 rings (SSSR count). The van der Waals surface area contributed by atoms with Gasteiger partial charge in [0.15, 0.2) is 5.78 Å². The number of pyridine rings is 1. The van der Waals surface area contributed by atoms with Crippen molar-refractivity contribution in [2.75, 3.05) is 6.61 Å². The van der Waals surface area contributed by atoms with Crippen LogP contribution >= 0.6 is 0 Å². The van der Waals surface area contributed by atoms with Crippen molar-refractivity contribution in [3.05, 3.63) is 38.2 Å². The lowest BCUT2D eigenvalue weighted by atomic mass is 9.90. The average Bonchev–Trinajstić information content (AvgIpc) is 2.51. The number of ketones is 1. The normalized spacial score (nSPS) is 14.4. The second kappa shape index (κ2) is 5.49. The first-order valence-corrected chi connectivity index (χ1v) is 7.39. The van der Waals surface area contributed by atoms with Crippen molar-refractivity contribution in [2.45, 2.75) is 39.3 Å². The van der Waals surface area contributed by atoms with Crippen molar-refractivity contribution < 1.29 is 9.90 Å². The summed E-state index contributed by atoms with van der Waals surface area (Å²) in [5.41, 5.74) is 0.523. The fourth-order valence-electron chi connectivity index (χ4n) is 3.07. The van der Waals surface area contributed by atoms with Gasteiger partial charge in [0, 0.05) is 24.7 Å². The molecule has 0 saturated carbocycles. The monoisotopic (exact) mass is 303 g/mol. The van der Waals surface area contributed by atoms with E-state index < -0.39 is 11.2 Å². The first-order chi connectivity index (χ1) is 10.6. The molecule has 0 aromatic carbocycles. The highest BCUT2D eigenvalue weighted by molar-refractivity contribution is 6.01. The van der Waals surface area contributed by atoms with Crippen LogP contribution in [-0.4, -0.2) is 31.6 Å². The van der Waals surface area contributed by atoms with Gasteiger partial charge in [-0.1, -0.05) is 0 Å². The first-order valence-electron chi connectivity index (χ1n) is 7.39. The molecule has 116 valence electrons. The number of nitrogens with zero attached hydrogens (tertiary/aromatic N) is 3. The van der Waals surface area contributed by atoms with Crippen molar-refractivity contribution in [1.29, 1.82) is 0 Å². The van der Waals surface area contributed by atoms with Crippen molar-refractivity contribution in [1.82, 2.24) is 14.1 Å². The van der Waals surface area contributed by atoms with E-state index in [0.29, 0.717) is 48.0 Å². The lowest BCUT2D eigenvalue weighted by molar-refractivity contribution is 0.0972. The predicted octanol–water partition coefficient (Wildman–Crippen LogP) is 0.0894. The Morgan fingerprint density at radius 2 is 2.00 bits per heavy atom. The molecule has 2 aromatic heterocycles. The van der Waals surface area contributed by atoms with Crippen LogP contribution in [0, 0.1) is 0 Å². The zero-order valence-electron chi connectivity index (χ0n) is 12.3. The molecule has 7 nitrogen and oxygen atoms in total. The second-order valence-electron chi connectivity index (χ2n) is 5.33. The molecule has 1 aliphatic carbocycles. The van der Waals surface area contributed by atoms with Gasteiger partial charge in [-0.25, -0.2) is 9.78 Å². The molecule has 0 bridgehead atoms. The summed E-state index contributed by atoms with van der Waals surface area (Å²) >= 11 is 0. The van der Waals surface area contributed by atoms with Gasteiger partial charge in [0.25, 0.3) is 5.56 Å². The molecule has 0 aliphatic heterocycles. The maximum Gasteiger partial charge on any atom is 0.332 e. The van der Waals surface area contributed by atoms with Crippen LogP contribution in [0.4, 0.5) is 0 Å². The number of carbonyl (C=O) groups excluding carboxylic acids is 1. The maximum atomic E-state index is 12.7. The van der Waals surface area contributed by atoms with E-state index in [1.165, 1.54) is 10.8 Å². The third-order valence-corrected chi connectivity index (χ3v) is 4.11. The summed E-state index contributed by atoms with van der Waals surface area (Å²) in [5, 5.41) is 9.44. The topological polar surface area (TPSA) is 94.2 Å². The third kappa shape index (κ3) is 2.00. The molecule has 0 atom stereocenters. The fraction of sp³-hybridized carbons (Fsp3) is 0.467. The Morgan fingerprint density at radius 3 is 2.68 bits per heavy atom. The summed E-state index contributed by atoms with van der Waals surface area (Å²) in [6, 6.07) is 0. The van der Waals surface area contributed by atoms with Gasteiger partial charge in [0.1, 0.15) is 5.65 Å². The van der Waals surface area contributed by atoms with Gasteiger partial charge in [0.05, 0.1) is 18.5 Å². The number of Topliss-reactive ketones (excluding diaryl/α,β-unsaturated/α-hetero) is 1. The number of carbonyl (C=O) groups is 1. The number of fused-ring (bicyclic) bond motifs is 3. The second-order valence-corrected chi connectivity index (χ2v) is 5.33. The van der Waals surface area contributed by atoms with Crippen LogP contribution in [0.15, 0.2) is 15.8 Å². The number of aliphatic hydroxyl groups is 1. The largest absolute Gasteiger partial charge is 0.395 e. The lowest BCUT2D eigenvalue weighted by Crippen LogP contribution is -2.41. The van der Waals surface area contributed by atoms with Gasteiger partial charge in [-0.2, -0.15) is 0 Å². The number of hydrogen-bond donors (Lipinski definition) is 1. The summed E-state index contributed by atoms with van der Waals surface area (Å²) in [6.45, 7) is 1.79. The van der Waals surface area contributed by atoms with Crippen molar-refractivity contribution in [3.8, 4) is 0 Å². The Hall–Kier alpha value is -2.28.